The molecule has 1 aromatic rings. The summed E-state index contributed by atoms with van der Waals surface area (Å²) in [6.07, 6.45) is 1.54. The molecule has 0 aliphatic carbocycles. The molecule has 1 aromatic carbocycles. The summed E-state index contributed by atoms with van der Waals surface area (Å²) in [4.78, 5) is 28.6. The molecule has 1 fully saturated rings. The fourth-order valence-electron chi connectivity index (χ4n) is 2.90. The molecule has 22 heavy (non-hydrogen) atoms. The Bertz CT molecular complexity index is 602. The second kappa shape index (κ2) is 7.08. The third kappa shape index (κ3) is 3.11. The van der Waals surface area contributed by atoms with Gasteiger partial charge in [-0.15, -0.1) is 0 Å². The molecule has 0 N–H and O–H groups in total. The van der Waals surface area contributed by atoms with Crippen LogP contribution in [0.1, 0.15) is 42.6 Å². The Morgan fingerprint density at radius 1 is 1.36 bits per heavy atom. The van der Waals surface area contributed by atoms with Gasteiger partial charge in [0.05, 0.1) is 11.6 Å². The van der Waals surface area contributed by atoms with Gasteiger partial charge in [-0.05, 0) is 44.9 Å². The Kier molecular flexibility index (Phi) is 5.16. The van der Waals surface area contributed by atoms with Crippen molar-refractivity contribution in [1.82, 2.24) is 9.80 Å². The molecule has 5 nitrogen and oxygen atoms in total. The van der Waals surface area contributed by atoms with E-state index in [1.807, 2.05) is 19.9 Å². The van der Waals surface area contributed by atoms with Crippen molar-refractivity contribution in [2.24, 2.45) is 0 Å². The lowest BCUT2D eigenvalue weighted by Crippen LogP contribution is -2.47. The number of hydrogen-bond donors (Lipinski definition) is 0. The fraction of sp³-hybridized carbons (Fsp3) is 0.471. The van der Waals surface area contributed by atoms with Gasteiger partial charge in [0.1, 0.15) is 6.04 Å². The molecule has 0 aromatic heterocycles. The maximum absolute atomic E-state index is 12.7. The van der Waals surface area contributed by atoms with E-state index in [0.29, 0.717) is 37.2 Å². The summed E-state index contributed by atoms with van der Waals surface area (Å²) in [5.74, 6) is -0.146. The van der Waals surface area contributed by atoms with Gasteiger partial charge >= 0.3 is 0 Å². The van der Waals surface area contributed by atoms with Gasteiger partial charge in [-0.2, -0.15) is 5.26 Å². The molecule has 0 saturated carbocycles. The summed E-state index contributed by atoms with van der Waals surface area (Å²) in [6, 6.07) is 8.30. The lowest BCUT2D eigenvalue weighted by Gasteiger charge is -2.29. The normalized spacial score (nSPS) is 17.1. The molecule has 0 unspecified atom stereocenters. The molecular formula is C17H21N3O2. The molecule has 1 saturated heterocycles. The van der Waals surface area contributed by atoms with Crippen molar-refractivity contribution in [3.8, 4) is 6.07 Å². The van der Waals surface area contributed by atoms with E-state index in [1.165, 1.54) is 0 Å². The molecule has 1 aliphatic rings. The number of likely N-dealkylation sites (tertiary alicyclic amines) is 1. The molecule has 0 bridgehead atoms. The van der Waals surface area contributed by atoms with Crippen molar-refractivity contribution in [3.05, 3.63) is 35.4 Å². The van der Waals surface area contributed by atoms with Gasteiger partial charge in [-0.25, -0.2) is 0 Å². The van der Waals surface area contributed by atoms with Gasteiger partial charge in [0.25, 0.3) is 5.91 Å². The van der Waals surface area contributed by atoms with Crippen LogP contribution in [0.25, 0.3) is 0 Å². The number of benzene rings is 1. The van der Waals surface area contributed by atoms with Crippen molar-refractivity contribution in [1.29, 1.82) is 5.26 Å². The Morgan fingerprint density at radius 3 is 2.73 bits per heavy atom. The number of amides is 2. The van der Waals surface area contributed by atoms with Crippen LogP contribution >= 0.6 is 0 Å². The Balaban J connectivity index is 2.21. The highest BCUT2D eigenvalue weighted by Crippen LogP contribution is 2.22. The lowest BCUT2D eigenvalue weighted by atomic mass is 10.1. The second-order valence-corrected chi connectivity index (χ2v) is 5.36. The Labute approximate surface area is 131 Å². The quantitative estimate of drug-likeness (QED) is 0.854. The fourth-order valence-corrected chi connectivity index (χ4v) is 2.90. The van der Waals surface area contributed by atoms with Crippen LogP contribution in [0.5, 0.6) is 0 Å². The average molecular weight is 299 g/mol. The number of carbonyl (C=O) groups excluding carboxylic acids is 2. The number of hydrogen-bond acceptors (Lipinski definition) is 3. The molecule has 2 amide bonds. The Hall–Kier alpha value is -2.35. The minimum Gasteiger partial charge on any atom is -0.341 e. The molecule has 2 rings (SSSR count). The second-order valence-electron chi connectivity index (χ2n) is 5.36. The highest BCUT2D eigenvalue weighted by atomic mass is 16.2. The summed E-state index contributed by atoms with van der Waals surface area (Å²) < 4.78 is 0. The summed E-state index contributed by atoms with van der Waals surface area (Å²) >= 11 is 0. The molecule has 0 radical (unpaired) electrons. The van der Waals surface area contributed by atoms with Crippen LogP contribution in [0.15, 0.2) is 24.3 Å². The summed E-state index contributed by atoms with van der Waals surface area (Å²) in [5.41, 5.74) is 0.926. The number of nitriles is 1. The van der Waals surface area contributed by atoms with Gasteiger partial charge in [0.2, 0.25) is 5.91 Å². The predicted molar refractivity (Wildman–Crippen MR) is 83.1 cm³/mol. The highest BCUT2D eigenvalue weighted by molar-refractivity contribution is 5.98. The molecule has 0 spiro atoms. The third-order valence-corrected chi connectivity index (χ3v) is 4.11. The van der Waals surface area contributed by atoms with Crippen LogP contribution in [0.3, 0.4) is 0 Å². The van der Waals surface area contributed by atoms with E-state index in [2.05, 4.69) is 0 Å². The van der Waals surface area contributed by atoms with E-state index in [1.54, 1.807) is 34.1 Å². The lowest BCUT2D eigenvalue weighted by molar-refractivity contribution is -0.134. The van der Waals surface area contributed by atoms with Gasteiger partial charge in [-0.3, -0.25) is 9.59 Å². The molecule has 1 heterocycles. The van der Waals surface area contributed by atoms with E-state index < -0.39 is 0 Å². The monoisotopic (exact) mass is 299 g/mol. The predicted octanol–water partition coefficient (Wildman–Crippen LogP) is 2.03. The van der Waals surface area contributed by atoms with Crippen molar-refractivity contribution < 1.29 is 9.59 Å². The van der Waals surface area contributed by atoms with Crippen molar-refractivity contribution in [2.75, 3.05) is 19.6 Å². The maximum atomic E-state index is 12.7. The minimum absolute atomic E-state index is 0.0206. The Morgan fingerprint density at radius 2 is 2.09 bits per heavy atom. The first-order valence-electron chi connectivity index (χ1n) is 7.72. The van der Waals surface area contributed by atoms with Gasteiger partial charge < -0.3 is 9.80 Å². The first-order chi connectivity index (χ1) is 10.6. The van der Waals surface area contributed by atoms with Gasteiger partial charge in [-0.1, -0.05) is 6.07 Å². The number of rotatable bonds is 4. The zero-order valence-corrected chi connectivity index (χ0v) is 13.1. The summed E-state index contributed by atoms with van der Waals surface area (Å²) in [5, 5.41) is 8.95. The van der Waals surface area contributed by atoms with Crippen LogP contribution in [-0.2, 0) is 4.79 Å². The van der Waals surface area contributed by atoms with E-state index >= 15 is 0 Å². The van der Waals surface area contributed by atoms with Crippen LogP contribution in [0, 0.1) is 11.3 Å². The van der Waals surface area contributed by atoms with Crippen LogP contribution < -0.4 is 0 Å². The SMILES string of the molecule is CCN(CC)C(=O)[C@H]1CCCN1C(=O)c1cccc(C#N)c1. The third-order valence-electron chi connectivity index (χ3n) is 4.11. The van der Waals surface area contributed by atoms with Gasteiger partial charge in [0, 0.05) is 25.2 Å². The van der Waals surface area contributed by atoms with E-state index in [9.17, 15) is 9.59 Å². The summed E-state index contributed by atoms with van der Waals surface area (Å²) in [6.45, 7) is 5.78. The van der Waals surface area contributed by atoms with E-state index in [0.717, 1.165) is 6.42 Å². The largest absolute Gasteiger partial charge is 0.341 e. The molecule has 5 heteroatoms. The molecular weight excluding hydrogens is 278 g/mol. The minimum atomic E-state index is -0.377. The first kappa shape index (κ1) is 16.0. The smallest absolute Gasteiger partial charge is 0.254 e. The van der Waals surface area contributed by atoms with Crippen LogP contribution in [0.4, 0.5) is 0 Å². The van der Waals surface area contributed by atoms with Crippen molar-refractivity contribution >= 4 is 11.8 Å². The standard InChI is InChI=1S/C17H21N3O2/c1-3-19(4-2)17(22)15-9-6-10-20(15)16(21)14-8-5-7-13(11-14)12-18/h5,7-8,11,15H,3-4,6,9-10H2,1-2H3/t15-/m1/s1. The van der Waals surface area contributed by atoms with Crippen molar-refractivity contribution in [2.45, 2.75) is 32.7 Å². The van der Waals surface area contributed by atoms with E-state index in [4.69, 9.17) is 5.26 Å². The molecule has 1 atom stereocenters. The number of nitrogens with zero attached hydrogens (tertiary/aromatic N) is 3. The van der Waals surface area contributed by atoms with Gasteiger partial charge in [0.15, 0.2) is 0 Å². The zero-order valence-electron chi connectivity index (χ0n) is 13.1. The number of carbonyl (C=O) groups is 2. The summed E-state index contributed by atoms with van der Waals surface area (Å²) in [7, 11) is 0. The average Bonchev–Trinajstić information content (AvgIpc) is 3.04. The molecule has 1 aliphatic heterocycles. The zero-order chi connectivity index (χ0) is 16.1. The van der Waals surface area contributed by atoms with Crippen molar-refractivity contribution in [3.63, 3.8) is 0 Å². The van der Waals surface area contributed by atoms with E-state index in [-0.39, 0.29) is 17.9 Å². The maximum Gasteiger partial charge on any atom is 0.254 e. The molecule has 116 valence electrons. The number of likely N-dealkylation sites (N-methyl/N-ethyl adjacent to an activating group) is 1. The topological polar surface area (TPSA) is 64.4 Å². The van der Waals surface area contributed by atoms with Crippen LogP contribution in [0.2, 0.25) is 0 Å². The highest BCUT2D eigenvalue weighted by Gasteiger charge is 2.36. The first-order valence-corrected chi connectivity index (χ1v) is 7.72. The van der Waals surface area contributed by atoms with Crippen LogP contribution in [-0.4, -0.2) is 47.3 Å².